The van der Waals surface area contributed by atoms with E-state index >= 15 is 0 Å². The quantitative estimate of drug-likeness (QED) is 0.474. The molecule has 0 unspecified atom stereocenters. The molecule has 1 nitrogen and oxygen atoms in total. The summed E-state index contributed by atoms with van der Waals surface area (Å²) in [6, 6.07) is 28.8. The van der Waals surface area contributed by atoms with E-state index in [9.17, 15) is 0 Å². The third-order valence-corrected chi connectivity index (χ3v) is 7.46. The molecule has 0 spiro atoms. The van der Waals surface area contributed by atoms with Gasteiger partial charge in [0.05, 0.1) is 5.41 Å². The summed E-state index contributed by atoms with van der Waals surface area (Å²) in [7, 11) is 0. The van der Waals surface area contributed by atoms with Crippen molar-refractivity contribution < 1.29 is 4.74 Å². The highest BCUT2D eigenvalue weighted by Crippen LogP contribution is 2.85. The summed E-state index contributed by atoms with van der Waals surface area (Å²) in [4.78, 5) is 0. The van der Waals surface area contributed by atoms with Crippen molar-refractivity contribution in [1.29, 1.82) is 0 Å². The first-order valence-corrected chi connectivity index (χ1v) is 9.56. The Kier molecular flexibility index (Phi) is 3.30. The van der Waals surface area contributed by atoms with Gasteiger partial charge >= 0.3 is 0 Å². The van der Waals surface area contributed by atoms with Gasteiger partial charge in [-0.2, -0.15) is 0 Å². The highest BCUT2D eigenvalue weighted by Gasteiger charge is 2.91. The third kappa shape index (κ3) is 1.73. The van der Waals surface area contributed by atoms with E-state index in [0.717, 1.165) is 16.9 Å². The van der Waals surface area contributed by atoms with Crippen LogP contribution in [0.4, 0.5) is 0 Å². The lowest BCUT2D eigenvalue weighted by molar-refractivity contribution is 0.102. The molecule has 1 heterocycles. The van der Waals surface area contributed by atoms with Crippen molar-refractivity contribution in [1.82, 2.24) is 0 Å². The second kappa shape index (κ2) is 5.28. The maximum Gasteiger partial charge on any atom is 0.177 e. The molecule has 1 aliphatic carbocycles. The Hall–Kier alpha value is -1.96. The van der Waals surface area contributed by atoms with Gasteiger partial charge in [0, 0.05) is 11.5 Å². The molecular formula is C23H18Cl2O. The predicted molar refractivity (Wildman–Crippen MR) is 106 cm³/mol. The molecular weight excluding hydrogens is 363 g/mol. The number of hydrogen-bond acceptors (Lipinski definition) is 1. The Balaban J connectivity index is 1.81. The molecule has 0 amide bonds. The van der Waals surface area contributed by atoms with E-state index in [1.165, 1.54) is 5.56 Å². The number of rotatable bonds is 2. The Morgan fingerprint density at radius 1 is 0.769 bits per heavy atom. The van der Waals surface area contributed by atoms with E-state index in [-0.39, 0.29) is 5.92 Å². The lowest BCUT2D eigenvalue weighted by Crippen LogP contribution is -2.33. The van der Waals surface area contributed by atoms with Gasteiger partial charge < -0.3 is 4.74 Å². The molecule has 0 aromatic heterocycles. The molecule has 130 valence electrons. The van der Waals surface area contributed by atoms with Gasteiger partial charge in [0.15, 0.2) is 9.93 Å². The zero-order chi connectivity index (χ0) is 18.0. The van der Waals surface area contributed by atoms with Crippen LogP contribution in [-0.4, -0.2) is 4.33 Å². The van der Waals surface area contributed by atoms with Crippen LogP contribution >= 0.6 is 23.2 Å². The zero-order valence-electron chi connectivity index (χ0n) is 14.3. The first kappa shape index (κ1) is 16.2. The van der Waals surface area contributed by atoms with E-state index in [1.54, 1.807) is 0 Å². The van der Waals surface area contributed by atoms with Crippen molar-refractivity contribution in [3.05, 3.63) is 102 Å². The number of para-hydroxylation sites is 1. The first-order chi connectivity index (χ1) is 12.5. The maximum atomic E-state index is 7.02. The fourth-order valence-corrected chi connectivity index (χ4v) is 5.91. The van der Waals surface area contributed by atoms with Gasteiger partial charge in [-0.15, -0.1) is 0 Å². The maximum absolute atomic E-state index is 7.02. The van der Waals surface area contributed by atoms with Crippen molar-refractivity contribution in [3.8, 4) is 5.75 Å². The third-order valence-electron chi connectivity index (χ3n) is 6.15. The largest absolute Gasteiger partial charge is 0.478 e. The second-order valence-electron chi connectivity index (χ2n) is 7.31. The van der Waals surface area contributed by atoms with Crippen LogP contribution in [0.15, 0.2) is 84.9 Å². The van der Waals surface area contributed by atoms with Crippen molar-refractivity contribution >= 4 is 23.2 Å². The van der Waals surface area contributed by atoms with Gasteiger partial charge in [-0.3, -0.25) is 0 Å². The summed E-state index contributed by atoms with van der Waals surface area (Å²) in [5.41, 5.74) is 2.09. The van der Waals surface area contributed by atoms with E-state index < -0.39 is 15.3 Å². The van der Waals surface area contributed by atoms with Gasteiger partial charge in [0.1, 0.15) is 5.75 Å². The Morgan fingerprint density at radius 2 is 1.35 bits per heavy atom. The van der Waals surface area contributed by atoms with Gasteiger partial charge in [-0.05, 0) is 17.2 Å². The SMILES string of the molecule is C[C@]12[C@H](c3ccccc3)c3ccccc3O[C@]1(c1ccccc1)C2(Cl)Cl. The van der Waals surface area contributed by atoms with Crippen molar-refractivity contribution in [3.63, 3.8) is 0 Å². The molecule has 3 atom stereocenters. The summed E-state index contributed by atoms with van der Waals surface area (Å²) in [5, 5.41) is 0. The van der Waals surface area contributed by atoms with Crippen molar-refractivity contribution in [2.24, 2.45) is 5.41 Å². The summed E-state index contributed by atoms with van der Waals surface area (Å²) in [5.74, 6) is 0.898. The summed E-state index contributed by atoms with van der Waals surface area (Å²) in [6.07, 6.45) is 0. The highest BCUT2D eigenvalue weighted by atomic mass is 35.5. The normalized spacial score (nSPS) is 30.7. The molecule has 3 aromatic rings. The number of benzene rings is 3. The van der Waals surface area contributed by atoms with E-state index in [2.05, 4.69) is 49.4 Å². The molecule has 2 aliphatic rings. The smallest absolute Gasteiger partial charge is 0.177 e. The molecule has 1 aliphatic heterocycles. The van der Waals surface area contributed by atoms with Crippen LogP contribution in [0.2, 0.25) is 0 Å². The fourth-order valence-electron chi connectivity index (χ4n) is 4.83. The van der Waals surface area contributed by atoms with Crippen LogP contribution in [-0.2, 0) is 5.60 Å². The van der Waals surface area contributed by atoms with Crippen LogP contribution in [0.1, 0.15) is 29.5 Å². The minimum atomic E-state index is -1.04. The van der Waals surface area contributed by atoms with Crippen molar-refractivity contribution in [2.75, 3.05) is 0 Å². The molecule has 26 heavy (non-hydrogen) atoms. The number of fused-ring (bicyclic) bond motifs is 2. The second-order valence-corrected chi connectivity index (χ2v) is 8.63. The Morgan fingerprint density at radius 3 is 2.04 bits per heavy atom. The van der Waals surface area contributed by atoms with Crippen LogP contribution < -0.4 is 4.74 Å². The lowest BCUT2D eigenvalue weighted by Gasteiger charge is -2.36. The topological polar surface area (TPSA) is 9.23 Å². The monoisotopic (exact) mass is 380 g/mol. The van der Waals surface area contributed by atoms with Gasteiger partial charge in [-0.1, -0.05) is 109 Å². The van der Waals surface area contributed by atoms with Crippen LogP contribution in [0.5, 0.6) is 5.75 Å². The average molecular weight is 381 g/mol. The standard InChI is InChI=1S/C23H18Cl2O/c1-21-20(16-10-4-2-5-11-16)18-14-8-9-15-19(18)26-22(21,23(21,24)25)17-12-6-3-7-13-17/h2-15,20H,1H3/t20-,21+,22+/m1/s1. The Labute approximate surface area is 163 Å². The molecule has 0 radical (unpaired) electrons. The Bertz CT molecular complexity index is 970. The van der Waals surface area contributed by atoms with E-state index in [4.69, 9.17) is 27.9 Å². The van der Waals surface area contributed by atoms with E-state index in [1.807, 2.05) is 42.5 Å². The first-order valence-electron chi connectivity index (χ1n) is 8.80. The van der Waals surface area contributed by atoms with Crippen LogP contribution in [0, 0.1) is 5.41 Å². The molecule has 0 saturated heterocycles. The van der Waals surface area contributed by atoms with Crippen LogP contribution in [0.3, 0.4) is 0 Å². The van der Waals surface area contributed by atoms with E-state index in [0.29, 0.717) is 0 Å². The summed E-state index contributed by atoms with van der Waals surface area (Å²) < 4.78 is 5.54. The number of hydrogen-bond donors (Lipinski definition) is 0. The molecule has 5 rings (SSSR count). The summed E-state index contributed by atoms with van der Waals surface area (Å²) >= 11 is 14.0. The van der Waals surface area contributed by atoms with Crippen molar-refractivity contribution in [2.45, 2.75) is 22.8 Å². The van der Waals surface area contributed by atoms with Crippen LogP contribution in [0.25, 0.3) is 0 Å². The molecule has 1 fully saturated rings. The minimum absolute atomic E-state index is 0.0452. The minimum Gasteiger partial charge on any atom is -0.478 e. The molecule has 0 N–H and O–H groups in total. The summed E-state index contributed by atoms with van der Waals surface area (Å²) in [6.45, 7) is 2.15. The lowest BCUT2D eigenvalue weighted by atomic mass is 9.74. The highest BCUT2D eigenvalue weighted by molar-refractivity contribution is 6.53. The number of alkyl halides is 2. The predicted octanol–water partition coefficient (Wildman–Crippen LogP) is 6.30. The molecule has 0 bridgehead atoms. The van der Waals surface area contributed by atoms with Gasteiger partial charge in [0.25, 0.3) is 0 Å². The molecule has 3 heteroatoms. The molecule has 3 aromatic carbocycles. The average Bonchev–Trinajstić information content (AvgIpc) is 3.08. The number of halogens is 2. The molecule has 1 saturated carbocycles. The van der Waals surface area contributed by atoms with Gasteiger partial charge in [0.2, 0.25) is 0 Å². The number of ether oxygens (including phenoxy) is 1. The zero-order valence-corrected chi connectivity index (χ0v) is 15.8. The van der Waals surface area contributed by atoms with Gasteiger partial charge in [-0.25, -0.2) is 0 Å². The fraction of sp³-hybridized carbons (Fsp3) is 0.217.